The summed E-state index contributed by atoms with van der Waals surface area (Å²) < 4.78 is 0. The van der Waals surface area contributed by atoms with Crippen LogP contribution in [0.15, 0.2) is 42.5 Å². The molecule has 1 amide bonds. The van der Waals surface area contributed by atoms with Crippen LogP contribution in [0.5, 0.6) is 0 Å². The van der Waals surface area contributed by atoms with E-state index in [4.69, 9.17) is 0 Å². The van der Waals surface area contributed by atoms with Gasteiger partial charge >= 0.3 is 5.97 Å². The van der Waals surface area contributed by atoms with Crippen LogP contribution in [0.25, 0.3) is 0 Å². The highest BCUT2D eigenvalue weighted by molar-refractivity contribution is 6.05. The summed E-state index contributed by atoms with van der Waals surface area (Å²) >= 11 is 0. The van der Waals surface area contributed by atoms with E-state index in [1.165, 1.54) is 0 Å². The Hall–Kier alpha value is -2.82. The zero-order valence-corrected chi connectivity index (χ0v) is 11.5. The van der Waals surface area contributed by atoms with Gasteiger partial charge in [-0.15, -0.1) is 0 Å². The molecule has 0 saturated carbocycles. The van der Waals surface area contributed by atoms with E-state index >= 15 is 0 Å². The Morgan fingerprint density at radius 1 is 1.19 bits per heavy atom. The molecule has 2 aromatic carbocycles. The minimum atomic E-state index is -1.01. The standard InChI is InChI=1S/C16H14N2O3/c1-10-6-7-11(16(20)21)14(8-10)18-9-15(19)17-12-4-2-3-5-13(12)18/h2-8H,9H2,1H3,(H,17,19)(H,20,21). The van der Waals surface area contributed by atoms with Crippen molar-refractivity contribution < 1.29 is 14.7 Å². The van der Waals surface area contributed by atoms with E-state index in [2.05, 4.69) is 5.32 Å². The van der Waals surface area contributed by atoms with Crippen LogP contribution in [0.1, 0.15) is 15.9 Å². The molecule has 0 aliphatic carbocycles. The molecule has 0 atom stereocenters. The number of aromatic carboxylic acids is 1. The summed E-state index contributed by atoms with van der Waals surface area (Å²) in [5.41, 5.74) is 3.14. The number of anilines is 3. The SMILES string of the molecule is Cc1ccc(C(=O)O)c(N2CC(=O)Nc3ccccc32)c1. The summed E-state index contributed by atoms with van der Waals surface area (Å²) in [4.78, 5) is 25.1. The van der Waals surface area contributed by atoms with Crippen LogP contribution in [0.2, 0.25) is 0 Å². The Morgan fingerprint density at radius 3 is 2.71 bits per heavy atom. The highest BCUT2D eigenvalue weighted by Crippen LogP contribution is 2.36. The number of rotatable bonds is 2. The van der Waals surface area contributed by atoms with Crippen LogP contribution >= 0.6 is 0 Å². The summed E-state index contributed by atoms with van der Waals surface area (Å²) in [5.74, 6) is -1.17. The average Bonchev–Trinajstić information content (AvgIpc) is 2.45. The summed E-state index contributed by atoms with van der Waals surface area (Å²) in [7, 11) is 0. The number of para-hydroxylation sites is 2. The maximum atomic E-state index is 11.9. The van der Waals surface area contributed by atoms with Gasteiger partial charge in [-0.05, 0) is 36.8 Å². The van der Waals surface area contributed by atoms with Crippen molar-refractivity contribution in [2.75, 3.05) is 16.8 Å². The normalized spacial score (nSPS) is 13.6. The van der Waals surface area contributed by atoms with E-state index in [-0.39, 0.29) is 18.0 Å². The number of hydrogen-bond acceptors (Lipinski definition) is 3. The average molecular weight is 282 g/mol. The maximum absolute atomic E-state index is 11.9. The predicted octanol–water partition coefficient (Wildman–Crippen LogP) is 2.78. The lowest BCUT2D eigenvalue weighted by Crippen LogP contribution is -2.35. The molecule has 2 N–H and O–H groups in total. The van der Waals surface area contributed by atoms with Crippen LogP contribution in [-0.2, 0) is 4.79 Å². The number of carboxylic acids is 1. The Bertz CT molecular complexity index is 740. The van der Waals surface area contributed by atoms with Gasteiger partial charge in [0.25, 0.3) is 0 Å². The van der Waals surface area contributed by atoms with Gasteiger partial charge in [-0.2, -0.15) is 0 Å². The smallest absolute Gasteiger partial charge is 0.337 e. The van der Waals surface area contributed by atoms with Crippen molar-refractivity contribution in [3.63, 3.8) is 0 Å². The number of aryl methyl sites for hydroxylation is 1. The number of benzene rings is 2. The van der Waals surface area contributed by atoms with E-state index < -0.39 is 5.97 Å². The van der Waals surface area contributed by atoms with Crippen molar-refractivity contribution in [1.29, 1.82) is 0 Å². The molecular weight excluding hydrogens is 268 g/mol. The van der Waals surface area contributed by atoms with Crippen LogP contribution in [0.3, 0.4) is 0 Å². The molecule has 3 rings (SSSR count). The lowest BCUT2D eigenvalue weighted by molar-refractivity contribution is -0.115. The number of amides is 1. The van der Waals surface area contributed by atoms with Crippen molar-refractivity contribution in [3.8, 4) is 0 Å². The fourth-order valence-corrected chi connectivity index (χ4v) is 2.49. The molecule has 0 saturated heterocycles. The highest BCUT2D eigenvalue weighted by atomic mass is 16.4. The van der Waals surface area contributed by atoms with Gasteiger partial charge in [0, 0.05) is 0 Å². The van der Waals surface area contributed by atoms with Crippen molar-refractivity contribution >= 4 is 28.9 Å². The zero-order chi connectivity index (χ0) is 15.0. The molecule has 0 fully saturated rings. The second-order valence-corrected chi connectivity index (χ2v) is 4.98. The first kappa shape index (κ1) is 13.2. The Labute approximate surface area is 121 Å². The molecule has 0 spiro atoms. The molecule has 1 heterocycles. The molecule has 0 unspecified atom stereocenters. The van der Waals surface area contributed by atoms with E-state index in [0.29, 0.717) is 11.4 Å². The zero-order valence-electron chi connectivity index (χ0n) is 11.5. The summed E-state index contributed by atoms with van der Waals surface area (Å²) in [6.45, 7) is 1.99. The third kappa shape index (κ3) is 2.33. The molecule has 0 radical (unpaired) electrons. The molecule has 5 heteroatoms. The lowest BCUT2D eigenvalue weighted by atomic mass is 10.1. The summed E-state index contributed by atoms with van der Waals surface area (Å²) in [6.07, 6.45) is 0. The fourth-order valence-electron chi connectivity index (χ4n) is 2.49. The molecule has 21 heavy (non-hydrogen) atoms. The highest BCUT2D eigenvalue weighted by Gasteiger charge is 2.26. The molecular formula is C16H14N2O3. The second-order valence-electron chi connectivity index (χ2n) is 4.98. The predicted molar refractivity (Wildman–Crippen MR) is 80.2 cm³/mol. The van der Waals surface area contributed by atoms with E-state index in [1.807, 2.05) is 25.1 Å². The minimum Gasteiger partial charge on any atom is -0.478 e. The second kappa shape index (κ2) is 4.94. The number of nitrogens with one attached hydrogen (secondary N) is 1. The van der Waals surface area contributed by atoms with Gasteiger partial charge in [0.05, 0.1) is 22.6 Å². The number of hydrogen-bond donors (Lipinski definition) is 2. The van der Waals surface area contributed by atoms with Gasteiger partial charge in [-0.1, -0.05) is 18.2 Å². The third-order valence-corrected chi connectivity index (χ3v) is 3.45. The largest absolute Gasteiger partial charge is 0.478 e. The van der Waals surface area contributed by atoms with E-state index in [0.717, 1.165) is 11.3 Å². The van der Waals surface area contributed by atoms with Gasteiger partial charge in [-0.3, -0.25) is 4.79 Å². The molecule has 0 bridgehead atoms. The number of nitrogens with zero attached hydrogens (tertiary/aromatic N) is 1. The first-order valence-electron chi connectivity index (χ1n) is 6.56. The third-order valence-electron chi connectivity index (χ3n) is 3.45. The van der Waals surface area contributed by atoms with Crippen molar-refractivity contribution in [2.45, 2.75) is 6.92 Å². The number of carbonyl (C=O) groups is 2. The molecule has 1 aliphatic rings. The Balaban J connectivity index is 2.19. The van der Waals surface area contributed by atoms with Crippen LogP contribution in [0, 0.1) is 6.92 Å². The maximum Gasteiger partial charge on any atom is 0.337 e. The topological polar surface area (TPSA) is 69.6 Å². The van der Waals surface area contributed by atoms with Crippen molar-refractivity contribution in [1.82, 2.24) is 0 Å². The quantitative estimate of drug-likeness (QED) is 0.888. The Morgan fingerprint density at radius 2 is 1.95 bits per heavy atom. The van der Waals surface area contributed by atoms with Gasteiger partial charge in [0.2, 0.25) is 5.91 Å². The molecule has 5 nitrogen and oxygen atoms in total. The van der Waals surface area contributed by atoms with Crippen molar-refractivity contribution in [2.24, 2.45) is 0 Å². The lowest BCUT2D eigenvalue weighted by Gasteiger charge is -2.32. The first-order chi connectivity index (χ1) is 10.1. The van der Waals surface area contributed by atoms with Gasteiger partial charge < -0.3 is 15.3 Å². The monoisotopic (exact) mass is 282 g/mol. The van der Waals surface area contributed by atoms with E-state index in [9.17, 15) is 14.7 Å². The van der Waals surface area contributed by atoms with Gasteiger partial charge in [0.15, 0.2) is 0 Å². The Kier molecular flexibility index (Phi) is 3.10. The van der Waals surface area contributed by atoms with Crippen LogP contribution in [0.4, 0.5) is 17.1 Å². The molecule has 106 valence electrons. The van der Waals surface area contributed by atoms with Gasteiger partial charge in [0.1, 0.15) is 6.54 Å². The molecule has 0 aromatic heterocycles. The minimum absolute atomic E-state index is 0.0980. The number of carbonyl (C=O) groups excluding carboxylic acids is 1. The van der Waals surface area contributed by atoms with E-state index in [1.54, 1.807) is 29.2 Å². The number of carboxylic acid groups (broad SMARTS) is 1. The molecule has 2 aromatic rings. The number of fused-ring (bicyclic) bond motifs is 1. The van der Waals surface area contributed by atoms with Crippen LogP contribution < -0.4 is 10.2 Å². The van der Waals surface area contributed by atoms with Gasteiger partial charge in [-0.25, -0.2) is 4.79 Å². The fraction of sp³-hybridized carbons (Fsp3) is 0.125. The summed E-state index contributed by atoms with van der Waals surface area (Å²) in [5, 5.41) is 12.2. The molecule has 1 aliphatic heterocycles. The first-order valence-corrected chi connectivity index (χ1v) is 6.56. The van der Waals surface area contributed by atoms with Crippen molar-refractivity contribution in [3.05, 3.63) is 53.6 Å². The van der Waals surface area contributed by atoms with Crippen LogP contribution in [-0.4, -0.2) is 23.5 Å². The summed E-state index contributed by atoms with van der Waals surface area (Å²) in [6, 6.07) is 12.5.